The third kappa shape index (κ3) is 5.88. The van der Waals surface area contributed by atoms with Gasteiger partial charge in [0.25, 0.3) is 17.2 Å². The molecule has 0 saturated heterocycles. The summed E-state index contributed by atoms with van der Waals surface area (Å²) in [6, 6.07) is 16.3. The van der Waals surface area contributed by atoms with Crippen LogP contribution in [0.25, 0.3) is 16.6 Å². The Hall–Kier alpha value is -4.38. The number of amides is 1. The SMILES string of the molecule is CCN(CC)C(=O)c1ccc2c(=O)n(-c3cc(OC)cc(OC)c3)c(SCc3ccc([N+](=O)[O-])cc3)nc2c1. The van der Waals surface area contributed by atoms with Crippen LogP contribution in [0.5, 0.6) is 11.5 Å². The Morgan fingerprint density at radius 3 is 2.21 bits per heavy atom. The molecule has 1 amide bonds. The van der Waals surface area contributed by atoms with Crippen molar-refractivity contribution in [3.63, 3.8) is 0 Å². The van der Waals surface area contributed by atoms with Crippen LogP contribution in [0.1, 0.15) is 29.8 Å². The Morgan fingerprint density at radius 1 is 1.00 bits per heavy atom. The highest BCUT2D eigenvalue weighted by Crippen LogP contribution is 2.30. The van der Waals surface area contributed by atoms with E-state index in [4.69, 9.17) is 14.5 Å². The molecule has 0 fully saturated rings. The zero-order chi connectivity index (χ0) is 28.1. The van der Waals surface area contributed by atoms with E-state index in [2.05, 4.69) is 0 Å². The van der Waals surface area contributed by atoms with E-state index >= 15 is 0 Å². The van der Waals surface area contributed by atoms with Gasteiger partial charge in [0, 0.05) is 54.7 Å². The highest BCUT2D eigenvalue weighted by molar-refractivity contribution is 7.98. The maximum Gasteiger partial charge on any atom is 0.269 e. The van der Waals surface area contributed by atoms with Crippen LogP contribution in [0.2, 0.25) is 0 Å². The van der Waals surface area contributed by atoms with Gasteiger partial charge in [-0.15, -0.1) is 0 Å². The monoisotopic (exact) mass is 548 g/mol. The van der Waals surface area contributed by atoms with Gasteiger partial charge >= 0.3 is 0 Å². The van der Waals surface area contributed by atoms with Crippen molar-refractivity contribution in [3.8, 4) is 17.2 Å². The summed E-state index contributed by atoms with van der Waals surface area (Å²) in [5.41, 5.74) is 1.85. The van der Waals surface area contributed by atoms with Crippen molar-refractivity contribution in [3.05, 3.63) is 92.3 Å². The summed E-state index contributed by atoms with van der Waals surface area (Å²) >= 11 is 1.30. The summed E-state index contributed by atoms with van der Waals surface area (Å²) in [6.07, 6.45) is 0. The van der Waals surface area contributed by atoms with E-state index in [1.807, 2.05) is 13.8 Å². The van der Waals surface area contributed by atoms with E-state index in [1.54, 1.807) is 53.4 Å². The van der Waals surface area contributed by atoms with Gasteiger partial charge in [0.2, 0.25) is 0 Å². The average molecular weight is 549 g/mol. The lowest BCUT2D eigenvalue weighted by atomic mass is 10.1. The van der Waals surface area contributed by atoms with E-state index in [0.29, 0.717) is 57.7 Å². The van der Waals surface area contributed by atoms with Crippen molar-refractivity contribution in [2.45, 2.75) is 24.8 Å². The lowest BCUT2D eigenvalue weighted by molar-refractivity contribution is -0.384. The maximum absolute atomic E-state index is 13.9. The van der Waals surface area contributed by atoms with Crippen LogP contribution in [0.15, 0.2) is 70.6 Å². The third-order valence-electron chi connectivity index (χ3n) is 6.25. The zero-order valence-electron chi connectivity index (χ0n) is 22.0. The molecule has 4 rings (SSSR count). The predicted molar refractivity (Wildman–Crippen MR) is 150 cm³/mol. The number of thioether (sulfide) groups is 1. The van der Waals surface area contributed by atoms with Crippen LogP contribution in [0.3, 0.4) is 0 Å². The first-order chi connectivity index (χ1) is 18.8. The van der Waals surface area contributed by atoms with Gasteiger partial charge in [-0.2, -0.15) is 0 Å². The van der Waals surface area contributed by atoms with Crippen LogP contribution in [0, 0.1) is 10.1 Å². The number of non-ortho nitro benzene ring substituents is 1. The van der Waals surface area contributed by atoms with Gasteiger partial charge in [-0.05, 0) is 37.6 Å². The van der Waals surface area contributed by atoms with Gasteiger partial charge in [-0.25, -0.2) is 4.98 Å². The molecule has 202 valence electrons. The van der Waals surface area contributed by atoms with Crippen molar-refractivity contribution in [1.29, 1.82) is 0 Å². The molecule has 0 unspecified atom stereocenters. The van der Waals surface area contributed by atoms with E-state index in [1.165, 1.54) is 42.7 Å². The second-order valence-corrected chi connectivity index (χ2v) is 9.47. The van der Waals surface area contributed by atoms with Crippen LogP contribution < -0.4 is 15.0 Å². The Kier molecular flexibility index (Phi) is 8.50. The fourth-order valence-electron chi connectivity index (χ4n) is 4.10. The number of ether oxygens (including phenoxy) is 2. The molecule has 0 atom stereocenters. The van der Waals surface area contributed by atoms with Crippen LogP contribution in [0.4, 0.5) is 5.69 Å². The Bertz CT molecular complexity index is 1560. The largest absolute Gasteiger partial charge is 0.497 e. The molecule has 0 aliphatic heterocycles. The summed E-state index contributed by atoms with van der Waals surface area (Å²) in [5, 5.41) is 11.8. The molecule has 1 aromatic heterocycles. The van der Waals surface area contributed by atoms with Crippen LogP contribution >= 0.6 is 11.8 Å². The number of fused-ring (bicyclic) bond motifs is 1. The van der Waals surface area contributed by atoms with Gasteiger partial charge in [-0.3, -0.25) is 24.3 Å². The molecular weight excluding hydrogens is 520 g/mol. The van der Waals surface area contributed by atoms with E-state index < -0.39 is 4.92 Å². The maximum atomic E-state index is 13.9. The Labute approximate surface area is 229 Å². The van der Waals surface area contributed by atoms with E-state index in [9.17, 15) is 19.7 Å². The smallest absolute Gasteiger partial charge is 0.269 e. The summed E-state index contributed by atoms with van der Waals surface area (Å²) in [6.45, 7) is 4.95. The molecular formula is C28H28N4O6S. The minimum Gasteiger partial charge on any atom is -0.497 e. The minimum atomic E-state index is -0.452. The highest BCUT2D eigenvalue weighted by atomic mass is 32.2. The molecule has 10 nitrogen and oxygen atoms in total. The number of nitro benzene ring substituents is 1. The Morgan fingerprint density at radius 2 is 1.64 bits per heavy atom. The van der Waals surface area contributed by atoms with E-state index in [-0.39, 0.29) is 17.2 Å². The molecule has 11 heteroatoms. The number of aromatic nitrogens is 2. The van der Waals surface area contributed by atoms with Crippen molar-refractivity contribution >= 4 is 34.3 Å². The van der Waals surface area contributed by atoms with Gasteiger partial charge in [0.1, 0.15) is 11.5 Å². The van der Waals surface area contributed by atoms with Crippen LogP contribution in [-0.2, 0) is 5.75 Å². The lowest BCUT2D eigenvalue weighted by Crippen LogP contribution is -2.30. The number of nitrogens with zero attached hydrogens (tertiary/aromatic N) is 4. The molecule has 39 heavy (non-hydrogen) atoms. The molecule has 3 aromatic carbocycles. The summed E-state index contributed by atoms with van der Waals surface area (Å²) in [4.78, 5) is 43.9. The number of carbonyl (C=O) groups excluding carboxylic acids is 1. The highest BCUT2D eigenvalue weighted by Gasteiger charge is 2.19. The number of carbonyl (C=O) groups is 1. The second-order valence-electron chi connectivity index (χ2n) is 8.53. The summed E-state index contributed by atoms with van der Waals surface area (Å²) in [5.74, 6) is 1.27. The van der Waals surface area contributed by atoms with Crippen molar-refractivity contribution in [2.24, 2.45) is 0 Å². The second kappa shape index (κ2) is 12.0. The molecule has 1 heterocycles. The van der Waals surface area contributed by atoms with Crippen molar-refractivity contribution < 1.29 is 19.2 Å². The van der Waals surface area contributed by atoms with Gasteiger partial charge < -0.3 is 14.4 Å². The molecule has 4 aromatic rings. The molecule has 0 radical (unpaired) electrons. The molecule has 0 saturated carbocycles. The minimum absolute atomic E-state index is 0.00152. The normalized spacial score (nSPS) is 10.9. The Balaban J connectivity index is 1.85. The number of nitro groups is 1. The predicted octanol–water partition coefficient (Wildman–Crippen LogP) is 5.09. The number of rotatable bonds is 10. The molecule has 0 spiro atoms. The topological polar surface area (TPSA) is 117 Å². The van der Waals surface area contributed by atoms with Gasteiger partial charge in [0.15, 0.2) is 5.16 Å². The molecule has 0 aliphatic carbocycles. The first-order valence-corrected chi connectivity index (χ1v) is 13.2. The number of benzene rings is 3. The van der Waals surface area contributed by atoms with Gasteiger partial charge in [0.05, 0.1) is 35.7 Å². The standard InChI is InChI=1S/C28H28N4O6S/c1-5-30(6-2)26(33)19-9-12-24-25(13-19)29-28(39-17-18-7-10-20(11-8-18)32(35)36)31(27(24)34)21-14-22(37-3)16-23(15-21)38-4/h7-16H,5-6,17H2,1-4H3. The summed E-state index contributed by atoms with van der Waals surface area (Å²) < 4.78 is 12.3. The third-order valence-corrected chi connectivity index (χ3v) is 7.26. The van der Waals surface area contributed by atoms with E-state index in [0.717, 1.165) is 5.56 Å². The quantitative estimate of drug-likeness (QED) is 0.117. The molecule has 0 bridgehead atoms. The zero-order valence-corrected chi connectivity index (χ0v) is 22.9. The number of methoxy groups -OCH3 is 2. The first-order valence-electron chi connectivity index (χ1n) is 12.2. The van der Waals surface area contributed by atoms with Crippen molar-refractivity contribution in [2.75, 3.05) is 27.3 Å². The van der Waals surface area contributed by atoms with Gasteiger partial charge in [-0.1, -0.05) is 23.9 Å². The lowest BCUT2D eigenvalue weighted by Gasteiger charge is -2.19. The first kappa shape index (κ1) is 27.6. The summed E-state index contributed by atoms with van der Waals surface area (Å²) in [7, 11) is 3.05. The molecule has 0 N–H and O–H groups in total. The van der Waals surface area contributed by atoms with Crippen molar-refractivity contribution in [1.82, 2.24) is 14.5 Å². The number of hydrogen-bond acceptors (Lipinski definition) is 8. The number of hydrogen-bond donors (Lipinski definition) is 0. The fourth-order valence-corrected chi connectivity index (χ4v) is 5.07. The van der Waals surface area contributed by atoms with Crippen LogP contribution in [-0.4, -0.2) is 52.6 Å². The average Bonchev–Trinajstić information content (AvgIpc) is 2.96. The molecule has 0 aliphatic rings. The fraction of sp³-hybridized carbons (Fsp3) is 0.250.